The van der Waals surface area contributed by atoms with Gasteiger partial charge in [0.15, 0.2) is 0 Å². The number of amides is 1. The number of nitrogens with zero attached hydrogens (tertiary/aromatic N) is 1. The highest BCUT2D eigenvalue weighted by Crippen LogP contribution is 2.24. The topological polar surface area (TPSA) is 60.3 Å². The fourth-order valence-electron chi connectivity index (χ4n) is 3.65. The van der Waals surface area contributed by atoms with Gasteiger partial charge < -0.3 is 14.6 Å². The second kappa shape index (κ2) is 9.14. The molecule has 1 aromatic carbocycles. The molecule has 1 aliphatic rings. The van der Waals surface area contributed by atoms with Crippen molar-refractivity contribution in [2.75, 3.05) is 13.2 Å². The number of pyridine rings is 1. The van der Waals surface area contributed by atoms with Gasteiger partial charge in [-0.3, -0.25) is 9.59 Å². The maximum Gasteiger partial charge on any atom is 0.264 e. The maximum absolute atomic E-state index is 13.2. The number of aryl methyl sites for hydroxylation is 1. The van der Waals surface area contributed by atoms with Crippen molar-refractivity contribution >= 4 is 20.5 Å². The normalized spacial score (nSPS) is 16.1. The van der Waals surface area contributed by atoms with Gasteiger partial charge in [-0.2, -0.15) is 0 Å². The molecule has 1 amide bonds. The van der Waals surface area contributed by atoms with Crippen molar-refractivity contribution in [2.24, 2.45) is 0 Å². The second-order valence-electron chi connectivity index (χ2n) is 7.31. The van der Waals surface area contributed by atoms with Crippen molar-refractivity contribution < 1.29 is 18.3 Å². The van der Waals surface area contributed by atoms with Gasteiger partial charge in [-0.15, -0.1) is 9.24 Å². The number of halogens is 2. The van der Waals surface area contributed by atoms with Crippen LogP contribution in [0.15, 0.2) is 35.3 Å². The van der Waals surface area contributed by atoms with Crippen LogP contribution in [-0.4, -0.2) is 23.7 Å². The number of nitrogens with one attached hydrogen (secondary N) is 1. The Hall–Kier alpha value is -2.11. The van der Waals surface area contributed by atoms with E-state index in [1.165, 1.54) is 12.1 Å². The Morgan fingerprint density at radius 1 is 1.28 bits per heavy atom. The summed E-state index contributed by atoms with van der Waals surface area (Å²) in [5, 5.41) is 3.26. The van der Waals surface area contributed by atoms with Gasteiger partial charge in [-0.1, -0.05) is 18.2 Å². The smallest absolute Gasteiger partial charge is 0.264 e. The Balaban J connectivity index is 1.85. The number of rotatable bonds is 5. The van der Waals surface area contributed by atoms with E-state index >= 15 is 0 Å². The van der Waals surface area contributed by atoms with Gasteiger partial charge in [-0.25, -0.2) is 8.78 Å². The summed E-state index contributed by atoms with van der Waals surface area (Å²) in [4.78, 5) is 25.3. The number of hydrogen-bond donors (Lipinski definition) is 1. The molecule has 0 radical (unpaired) electrons. The predicted octanol–water partition coefficient (Wildman–Crippen LogP) is 3.44. The largest absolute Gasteiger partial charge is 0.381 e. The highest BCUT2D eigenvalue weighted by atomic mass is 31.0. The van der Waals surface area contributed by atoms with E-state index in [4.69, 9.17) is 4.74 Å². The molecular formula is C21H25F2N2O3P. The highest BCUT2D eigenvalue weighted by Gasteiger charge is 2.22. The van der Waals surface area contributed by atoms with Crippen molar-refractivity contribution in [3.05, 3.63) is 63.1 Å². The Bertz CT molecular complexity index is 955. The average Bonchev–Trinajstić information content (AvgIpc) is 2.68. The van der Waals surface area contributed by atoms with Crippen LogP contribution in [0.25, 0.3) is 0 Å². The molecule has 1 fully saturated rings. The molecule has 29 heavy (non-hydrogen) atoms. The summed E-state index contributed by atoms with van der Waals surface area (Å²) < 4.78 is 33.3. The molecule has 0 saturated carbocycles. The molecule has 1 aromatic heterocycles. The number of aromatic nitrogens is 1. The SMILES string of the molecule is Cc1cc(=O)n(C2CCOCC2)cc1C(=O)N[C@H](C)c1cccc(C(F)F)c1P. The van der Waals surface area contributed by atoms with E-state index in [0.29, 0.717) is 35.2 Å². The van der Waals surface area contributed by atoms with Crippen molar-refractivity contribution in [3.8, 4) is 0 Å². The van der Waals surface area contributed by atoms with Crippen LogP contribution >= 0.6 is 9.24 Å². The minimum atomic E-state index is -2.59. The Labute approximate surface area is 170 Å². The zero-order chi connectivity index (χ0) is 21.1. The van der Waals surface area contributed by atoms with Gasteiger partial charge in [-0.05, 0) is 43.1 Å². The van der Waals surface area contributed by atoms with Crippen LogP contribution < -0.4 is 16.2 Å². The van der Waals surface area contributed by atoms with Gasteiger partial charge >= 0.3 is 0 Å². The van der Waals surface area contributed by atoms with Crippen molar-refractivity contribution in [2.45, 2.75) is 45.2 Å². The molecule has 8 heteroatoms. The summed E-state index contributed by atoms with van der Waals surface area (Å²) >= 11 is 0. The summed E-state index contributed by atoms with van der Waals surface area (Å²) in [6.07, 6.45) is 0.456. The fraction of sp³-hybridized carbons (Fsp3) is 0.429. The number of alkyl halides is 2. The van der Waals surface area contributed by atoms with Crippen LogP contribution in [0.1, 0.15) is 65.3 Å². The van der Waals surface area contributed by atoms with Gasteiger partial charge in [0.05, 0.1) is 11.6 Å². The molecule has 3 rings (SSSR count). The molecule has 1 aliphatic heterocycles. The van der Waals surface area contributed by atoms with E-state index in [-0.39, 0.29) is 23.1 Å². The number of carbonyl (C=O) groups excluding carboxylic acids is 1. The molecule has 5 nitrogen and oxygen atoms in total. The summed E-state index contributed by atoms with van der Waals surface area (Å²) in [5.41, 5.74) is 1.37. The fourth-order valence-corrected chi connectivity index (χ4v) is 4.22. The molecule has 1 N–H and O–H groups in total. The second-order valence-corrected chi connectivity index (χ2v) is 7.88. The van der Waals surface area contributed by atoms with Crippen LogP contribution in [0.4, 0.5) is 8.78 Å². The van der Waals surface area contributed by atoms with Crippen molar-refractivity contribution in [1.82, 2.24) is 9.88 Å². The lowest BCUT2D eigenvalue weighted by atomic mass is 10.0. The molecule has 2 atom stereocenters. The molecule has 0 bridgehead atoms. The lowest BCUT2D eigenvalue weighted by Crippen LogP contribution is -2.33. The maximum atomic E-state index is 13.2. The van der Waals surface area contributed by atoms with Crippen molar-refractivity contribution in [3.63, 3.8) is 0 Å². The minimum Gasteiger partial charge on any atom is -0.381 e. The van der Waals surface area contributed by atoms with Gasteiger partial charge in [0, 0.05) is 37.1 Å². The lowest BCUT2D eigenvalue weighted by Gasteiger charge is -2.25. The first-order valence-electron chi connectivity index (χ1n) is 9.57. The minimum absolute atomic E-state index is 0.00203. The van der Waals surface area contributed by atoms with Gasteiger partial charge in [0.1, 0.15) is 0 Å². The highest BCUT2D eigenvalue weighted by molar-refractivity contribution is 7.27. The van der Waals surface area contributed by atoms with E-state index in [9.17, 15) is 18.4 Å². The lowest BCUT2D eigenvalue weighted by molar-refractivity contribution is 0.0685. The quantitative estimate of drug-likeness (QED) is 0.751. The predicted molar refractivity (Wildman–Crippen MR) is 111 cm³/mol. The zero-order valence-electron chi connectivity index (χ0n) is 16.5. The first kappa shape index (κ1) is 21.6. The van der Waals surface area contributed by atoms with Gasteiger partial charge in [0.2, 0.25) is 0 Å². The van der Waals surface area contributed by atoms with E-state index in [1.54, 1.807) is 36.7 Å². The Morgan fingerprint density at radius 3 is 2.59 bits per heavy atom. The van der Waals surface area contributed by atoms with Crippen molar-refractivity contribution in [1.29, 1.82) is 0 Å². The van der Waals surface area contributed by atoms with E-state index in [2.05, 4.69) is 14.6 Å². The van der Waals surface area contributed by atoms with E-state index < -0.39 is 12.5 Å². The standard InChI is InChI=1S/C21H25F2N2O3P/c1-12-10-18(26)25(14-6-8-28-9-7-14)11-17(12)21(27)24-13(2)15-4-3-5-16(19(15)29)20(22)23/h3-5,10-11,13-14,20H,6-9,29H2,1-2H3,(H,24,27)/t13-/m1/s1. The van der Waals surface area contributed by atoms with Gasteiger partial charge in [0.25, 0.3) is 17.9 Å². The zero-order valence-corrected chi connectivity index (χ0v) is 17.6. The third kappa shape index (κ3) is 4.73. The first-order chi connectivity index (χ1) is 13.8. The number of carbonyl (C=O) groups is 1. The monoisotopic (exact) mass is 422 g/mol. The third-order valence-electron chi connectivity index (χ3n) is 5.34. The molecule has 0 spiro atoms. The first-order valence-corrected chi connectivity index (χ1v) is 10.1. The number of hydrogen-bond acceptors (Lipinski definition) is 3. The summed E-state index contributed by atoms with van der Waals surface area (Å²) in [6, 6.07) is 5.64. The van der Waals surface area contributed by atoms with E-state index in [0.717, 1.165) is 12.8 Å². The molecule has 2 heterocycles. The van der Waals surface area contributed by atoms with Crippen LogP contribution in [0.2, 0.25) is 0 Å². The van der Waals surface area contributed by atoms with Crippen LogP contribution in [0, 0.1) is 6.92 Å². The average molecular weight is 422 g/mol. The molecule has 2 aromatic rings. The van der Waals surface area contributed by atoms with E-state index in [1.807, 2.05) is 0 Å². The van der Waals surface area contributed by atoms with Crippen LogP contribution in [0.5, 0.6) is 0 Å². The summed E-state index contributed by atoms with van der Waals surface area (Å²) in [6.45, 7) is 4.63. The molecular weight excluding hydrogens is 397 g/mol. The summed E-state index contributed by atoms with van der Waals surface area (Å²) in [5.74, 6) is -0.345. The Kier molecular flexibility index (Phi) is 6.81. The molecule has 0 aliphatic carbocycles. The van der Waals surface area contributed by atoms with Crippen LogP contribution in [-0.2, 0) is 4.74 Å². The third-order valence-corrected chi connectivity index (χ3v) is 6.01. The number of ether oxygens (including phenoxy) is 1. The summed E-state index contributed by atoms with van der Waals surface area (Å²) in [7, 11) is 2.34. The molecule has 1 unspecified atom stereocenters. The molecule has 1 saturated heterocycles. The number of benzene rings is 1. The van der Waals surface area contributed by atoms with Crippen LogP contribution in [0.3, 0.4) is 0 Å². The Morgan fingerprint density at radius 2 is 1.93 bits per heavy atom. The molecule has 156 valence electrons.